The van der Waals surface area contributed by atoms with Crippen LogP contribution in [0.4, 0.5) is 0 Å². The van der Waals surface area contributed by atoms with E-state index in [0.29, 0.717) is 11.1 Å². The van der Waals surface area contributed by atoms with E-state index in [1.165, 1.54) is 0 Å². The van der Waals surface area contributed by atoms with Crippen molar-refractivity contribution in [1.29, 1.82) is 0 Å². The molecule has 0 fully saturated rings. The molecule has 0 aliphatic heterocycles. The van der Waals surface area contributed by atoms with E-state index in [1.54, 1.807) is 0 Å². The topological polar surface area (TPSA) is 80.9 Å². The molecule has 0 amide bonds. The van der Waals surface area contributed by atoms with Crippen LogP contribution in [0.3, 0.4) is 0 Å². The standard InChI is InChI=1S/C29H44O4/c1-25(2,3)20-13-10-11-14-21(20)29(33,28(17-30,18-31)19-32)24-22(26(4,5)6)15-12-16-23(24)27(7,8)9/h10-16,30-33H,17-19H2,1-9H3. The van der Waals surface area contributed by atoms with E-state index in [-0.39, 0.29) is 16.2 Å². The fourth-order valence-corrected chi connectivity index (χ4v) is 4.82. The fourth-order valence-electron chi connectivity index (χ4n) is 4.82. The number of benzene rings is 2. The molecule has 0 saturated heterocycles. The minimum Gasteiger partial charge on any atom is -0.395 e. The number of hydrogen-bond acceptors (Lipinski definition) is 4. The van der Waals surface area contributed by atoms with Crippen molar-refractivity contribution >= 4 is 0 Å². The molecule has 184 valence electrons. The van der Waals surface area contributed by atoms with E-state index in [9.17, 15) is 20.4 Å². The third kappa shape index (κ3) is 4.77. The lowest BCUT2D eigenvalue weighted by Gasteiger charge is -2.50. The molecule has 2 aromatic carbocycles. The maximum atomic E-state index is 13.0. The van der Waals surface area contributed by atoms with Crippen molar-refractivity contribution in [2.45, 2.75) is 84.2 Å². The molecule has 0 saturated carbocycles. The highest BCUT2D eigenvalue weighted by molar-refractivity contribution is 5.55. The molecule has 0 aliphatic rings. The van der Waals surface area contributed by atoms with E-state index in [0.717, 1.165) is 16.7 Å². The molecule has 4 N–H and O–H groups in total. The van der Waals surface area contributed by atoms with Gasteiger partial charge in [-0.25, -0.2) is 0 Å². The Labute approximate surface area is 200 Å². The summed E-state index contributed by atoms with van der Waals surface area (Å²) in [7, 11) is 0. The smallest absolute Gasteiger partial charge is 0.128 e. The molecule has 0 bridgehead atoms. The van der Waals surface area contributed by atoms with Gasteiger partial charge >= 0.3 is 0 Å². The van der Waals surface area contributed by atoms with Gasteiger partial charge in [-0.3, -0.25) is 0 Å². The number of aliphatic hydroxyl groups is 4. The Morgan fingerprint density at radius 3 is 1.18 bits per heavy atom. The second kappa shape index (κ2) is 9.14. The first kappa shape index (κ1) is 27.5. The van der Waals surface area contributed by atoms with Crippen molar-refractivity contribution < 1.29 is 20.4 Å². The van der Waals surface area contributed by atoms with Crippen LogP contribution in [-0.2, 0) is 21.8 Å². The van der Waals surface area contributed by atoms with Crippen molar-refractivity contribution in [3.8, 4) is 0 Å². The summed E-state index contributed by atoms with van der Waals surface area (Å²) in [6.07, 6.45) is 0. The van der Waals surface area contributed by atoms with Crippen LogP contribution < -0.4 is 0 Å². The SMILES string of the molecule is CC(C)(C)c1ccccc1C(O)(c1c(C(C)(C)C)cccc1C(C)(C)C)C(CO)(CO)CO. The predicted molar refractivity (Wildman–Crippen MR) is 136 cm³/mol. The van der Waals surface area contributed by atoms with E-state index < -0.39 is 30.8 Å². The molecule has 4 nitrogen and oxygen atoms in total. The van der Waals surface area contributed by atoms with Crippen LogP contribution in [-0.4, -0.2) is 40.2 Å². The quantitative estimate of drug-likeness (QED) is 0.504. The maximum absolute atomic E-state index is 13.0. The first-order valence-corrected chi connectivity index (χ1v) is 11.8. The zero-order valence-corrected chi connectivity index (χ0v) is 22.0. The van der Waals surface area contributed by atoms with Gasteiger partial charge in [-0.1, -0.05) is 105 Å². The number of hydrogen-bond donors (Lipinski definition) is 4. The number of aliphatic hydroxyl groups excluding tert-OH is 3. The van der Waals surface area contributed by atoms with Crippen molar-refractivity contribution in [2.24, 2.45) is 5.41 Å². The molecule has 1 unspecified atom stereocenters. The fraction of sp³-hybridized carbons (Fsp3) is 0.586. The Balaban J connectivity index is 3.27. The summed E-state index contributed by atoms with van der Waals surface area (Å²) in [6.45, 7) is 17.0. The highest BCUT2D eigenvalue weighted by Crippen LogP contribution is 2.53. The van der Waals surface area contributed by atoms with E-state index in [2.05, 4.69) is 62.3 Å². The third-order valence-corrected chi connectivity index (χ3v) is 6.84. The van der Waals surface area contributed by atoms with Gasteiger partial charge in [0.2, 0.25) is 0 Å². The first-order valence-electron chi connectivity index (χ1n) is 11.8. The summed E-state index contributed by atoms with van der Waals surface area (Å²) >= 11 is 0. The van der Waals surface area contributed by atoms with Gasteiger partial charge in [-0.05, 0) is 44.1 Å². The van der Waals surface area contributed by atoms with E-state index >= 15 is 0 Å². The minimum absolute atomic E-state index is 0.324. The molecule has 1 atom stereocenters. The second-order valence-electron chi connectivity index (χ2n) is 12.5. The van der Waals surface area contributed by atoms with Gasteiger partial charge in [-0.15, -0.1) is 0 Å². The molecule has 0 radical (unpaired) electrons. The molecule has 33 heavy (non-hydrogen) atoms. The molecule has 4 heteroatoms. The van der Waals surface area contributed by atoms with Gasteiger partial charge in [-0.2, -0.15) is 0 Å². The molecule has 0 aromatic heterocycles. The van der Waals surface area contributed by atoms with Crippen LogP contribution in [0, 0.1) is 5.41 Å². The minimum atomic E-state index is -1.86. The zero-order chi connectivity index (χ0) is 25.5. The van der Waals surface area contributed by atoms with Gasteiger partial charge in [0.25, 0.3) is 0 Å². The van der Waals surface area contributed by atoms with Crippen LogP contribution in [0.2, 0.25) is 0 Å². The Morgan fingerprint density at radius 1 is 0.515 bits per heavy atom. The van der Waals surface area contributed by atoms with E-state index in [1.807, 2.05) is 42.5 Å². The molecule has 0 heterocycles. The predicted octanol–water partition coefficient (Wildman–Crippen LogP) is 4.78. The van der Waals surface area contributed by atoms with Crippen LogP contribution >= 0.6 is 0 Å². The van der Waals surface area contributed by atoms with Crippen LogP contribution in [0.15, 0.2) is 42.5 Å². The van der Waals surface area contributed by atoms with E-state index in [4.69, 9.17) is 0 Å². The summed E-state index contributed by atoms with van der Waals surface area (Å²) in [6, 6.07) is 13.7. The highest BCUT2D eigenvalue weighted by atomic mass is 16.3. The van der Waals surface area contributed by atoms with Gasteiger partial charge in [0.1, 0.15) is 5.60 Å². The Morgan fingerprint density at radius 2 is 0.848 bits per heavy atom. The normalized spacial score (nSPS) is 15.4. The molecule has 2 aromatic rings. The maximum Gasteiger partial charge on any atom is 0.128 e. The highest BCUT2D eigenvalue weighted by Gasteiger charge is 2.56. The van der Waals surface area contributed by atoms with Crippen LogP contribution in [0.25, 0.3) is 0 Å². The van der Waals surface area contributed by atoms with Crippen LogP contribution in [0.5, 0.6) is 0 Å². The van der Waals surface area contributed by atoms with Crippen LogP contribution in [0.1, 0.15) is 90.1 Å². The van der Waals surface area contributed by atoms with Gasteiger partial charge in [0.15, 0.2) is 0 Å². The lowest BCUT2D eigenvalue weighted by atomic mass is 9.58. The first-order chi connectivity index (χ1) is 15.0. The van der Waals surface area contributed by atoms with Crippen molar-refractivity contribution in [3.05, 3.63) is 70.3 Å². The summed E-state index contributed by atoms with van der Waals surface area (Å²) < 4.78 is 0. The van der Waals surface area contributed by atoms with Crippen molar-refractivity contribution in [1.82, 2.24) is 0 Å². The summed E-state index contributed by atoms with van der Waals surface area (Å²) in [5, 5.41) is 44.9. The Bertz CT molecular complexity index is 912. The molecular formula is C29H44O4. The number of rotatable bonds is 6. The van der Waals surface area contributed by atoms with Gasteiger partial charge in [0, 0.05) is 0 Å². The monoisotopic (exact) mass is 456 g/mol. The van der Waals surface area contributed by atoms with Crippen molar-refractivity contribution in [3.63, 3.8) is 0 Å². The second-order valence-corrected chi connectivity index (χ2v) is 12.5. The summed E-state index contributed by atoms with van der Waals surface area (Å²) in [5.74, 6) is 0. The average Bonchev–Trinajstić information content (AvgIpc) is 2.72. The molecular weight excluding hydrogens is 412 g/mol. The Kier molecular flexibility index (Phi) is 7.63. The lowest BCUT2D eigenvalue weighted by molar-refractivity contribution is -0.137. The third-order valence-electron chi connectivity index (χ3n) is 6.84. The molecule has 0 aliphatic carbocycles. The molecule has 2 rings (SSSR count). The van der Waals surface area contributed by atoms with Gasteiger partial charge < -0.3 is 20.4 Å². The van der Waals surface area contributed by atoms with Gasteiger partial charge in [0.05, 0.1) is 25.2 Å². The largest absolute Gasteiger partial charge is 0.395 e. The average molecular weight is 457 g/mol. The lowest BCUT2D eigenvalue weighted by Crippen LogP contribution is -2.56. The van der Waals surface area contributed by atoms with Crippen molar-refractivity contribution in [2.75, 3.05) is 19.8 Å². The molecule has 0 spiro atoms. The summed E-state index contributed by atoms with van der Waals surface area (Å²) in [4.78, 5) is 0. The summed E-state index contributed by atoms with van der Waals surface area (Å²) in [5.41, 5.74) is -0.499. The zero-order valence-electron chi connectivity index (χ0n) is 22.0. The Hall–Kier alpha value is -1.72.